The molecule has 0 radical (unpaired) electrons. The van der Waals surface area contributed by atoms with Crippen molar-refractivity contribution in [1.82, 2.24) is 5.32 Å². The zero-order valence-corrected chi connectivity index (χ0v) is 16.3. The summed E-state index contributed by atoms with van der Waals surface area (Å²) < 4.78 is 16.0. The number of ether oxygens (including phenoxy) is 2. The van der Waals surface area contributed by atoms with Crippen LogP contribution in [0.3, 0.4) is 0 Å². The minimum Gasteiger partial charge on any atom is -0.497 e. The summed E-state index contributed by atoms with van der Waals surface area (Å²) >= 11 is 0. The third kappa shape index (κ3) is 4.10. The maximum Gasteiger partial charge on any atom is 0.375 e. The topological polar surface area (TPSA) is 77.8 Å². The highest BCUT2D eigenvalue weighted by molar-refractivity contribution is 5.97. The van der Waals surface area contributed by atoms with Crippen molar-refractivity contribution in [1.29, 1.82) is 0 Å². The van der Waals surface area contributed by atoms with E-state index in [0.717, 1.165) is 18.2 Å². The monoisotopic (exact) mass is 373 g/mol. The van der Waals surface area contributed by atoms with Gasteiger partial charge in [-0.25, -0.2) is 4.79 Å². The predicted molar refractivity (Wildman–Crippen MR) is 102 cm³/mol. The van der Waals surface area contributed by atoms with Gasteiger partial charge in [0.25, 0.3) is 5.91 Å². The Kier molecular flexibility index (Phi) is 5.73. The van der Waals surface area contributed by atoms with E-state index in [4.69, 9.17) is 13.9 Å². The Labute approximate surface area is 159 Å². The summed E-state index contributed by atoms with van der Waals surface area (Å²) in [6, 6.07) is 5.46. The highest BCUT2D eigenvalue weighted by atomic mass is 16.5. The second kappa shape index (κ2) is 8.03. The number of carbonyl (C=O) groups is 2. The van der Waals surface area contributed by atoms with E-state index < -0.39 is 5.97 Å². The molecule has 0 bridgehead atoms. The Morgan fingerprint density at radius 1 is 1.26 bits per heavy atom. The number of amides is 1. The van der Waals surface area contributed by atoms with Gasteiger partial charge in [0.15, 0.2) is 6.61 Å². The molecule has 1 aliphatic carbocycles. The number of methoxy groups -OCH3 is 1. The number of hydrogen-bond acceptors (Lipinski definition) is 5. The molecule has 1 heterocycles. The summed E-state index contributed by atoms with van der Waals surface area (Å²) in [4.78, 5) is 24.6. The normalized spacial score (nSPS) is 22.4. The van der Waals surface area contributed by atoms with Crippen molar-refractivity contribution in [3.05, 3.63) is 29.5 Å². The molecule has 6 nitrogen and oxygen atoms in total. The Hall–Kier alpha value is -2.50. The molecule has 2 aromatic rings. The molecule has 0 unspecified atom stereocenters. The van der Waals surface area contributed by atoms with Crippen LogP contribution in [0.2, 0.25) is 0 Å². The Morgan fingerprint density at radius 2 is 2.04 bits per heavy atom. The third-order valence-corrected chi connectivity index (χ3v) is 5.72. The molecule has 146 valence electrons. The van der Waals surface area contributed by atoms with Crippen LogP contribution < -0.4 is 10.1 Å². The summed E-state index contributed by atoms with van der Waals surface area (Å²) in [6.45, 7) is 5.85. The lowest BCUT2D eigenvalue weighted by molar-refractivity contribution is -0.125. The van der Waals surface area contributed by atoms with E-state index in [9.17, 15) is 9.59 Å². The van der Waals surface area contributed by atoms with Crippen LogP contribution in [0.25, 0.3) is 11.0 Å². The van der Waals surface area contributed by atoms with Crippen molar-refractivity contribution in [2.24, 2.45) is 11.8 Å². The summed E-state index contributed by atoms with van der Waals surface area (Å²) in [7, 11) is 1.58. The maximum atomic E-state index is 12.4. The van der Waals surface area contributed by atoms with Crippen LogP contribution in [0, 0.1) is 18.8 Å². The van der Waals surface area contributed by atoms with E-state index in [-0.39, 0.29) is 24.3 Å². The van der Waals surface area contributed by atoms with Crippen molar-refractivity contribution in [2.75, 3.05) is 13.7 Å². The molecule has 0 spiro atoms. The van der Waals surface area contributed by atoms with E-state index >= 15 is 0 Å². The zero-order valence-electron chi connectivity index (χ0n) is 16.3. The number of rotatable bonds is 5. The lowest BCUT2D eigenvalue weighted by atomic mass is 9.78. The van der Waals surface area contributed by atoms with Gasteiger partial charge in [-0.05, 0) is 43.4 Å². The second-order valence-corrected chi connectivity index (χ2v) is 7.44. The third-order valence-electron chi connectivity index (χ3n) is 5.72. The number of furan rings is 1. The van der Waals surface area contributed by atoms with Crippen molar-refractivity contribution in [3.63, 3.8) is 0 Å². The molecule has 0 saturated heterocycles. The first-order valence-corrected chi connectivity index (χ1v) is 9.44. The molecule has 1 aliphatic rings. The van der Waals surface area contributed by atoms with Crippen molar-refractivity contribution >= 4 is 22.8 Å². The van der Waals surface area contributed by atoms with Crippen LogP contribution in [-0.4, -0.2) is 31.6 Å². The highest BCUT2D eigenvalue weighted by Crippen LogP contribution is 2.30. The first kappa shape index (κ1) is 19.3. The molecular formula is C21H27NO5. The van der Waals surface area contributed by atoms with E-state index in [1.807, 2.05) is 6.07 Å². The summed E-state index contributed by atoms with van der Waals surface area (Å²) in [6.07, 6.45) is 3.27. The van der Waals surface area contributed by atoms with Crippen LogP contribution in [-0.2, 0) is 9.53 Å². The molecule has 27 heavy (non-hydrogen) atoms. The van der Waals surface area contributed by atoms with Gasteiger partial charge < -0.3 is 19.2 Å². The summed E-state index contributed by atoms with van der Waals surface area (Å²) in [5.74, 6) is 0.896. The van der Waals surface area contributed by atoms with Gasteiger partial charge in [-0.3, -0.25) is 4.79 Å². The average Bonchev–Trinajstić information content (AvgIpc) is 2.99. The van der Waals surface area contributed by atoms with Gasteiger partial charge in [0.05, 0.1) is 7.11 Å². The van der Waals surface area contributed by atoms with Gasteiger partial charge in [0.1, 0.15) is 11.3 Å². The average molecular weight is 373 g/mol. The van der Waals surface area contributed by atoms with E-state index in [1.165, 1.54) is 6.42 Å². The van der Waals surface area contributed by atoms with E-state index in [2.05, 4.69) is 19.2 Å². The number of hydrogen-bond donors (Lipinski definition) is 1. The standard InChI is InChI=1S/C21H27NO5/c1-12-6-5-7-17(13(12)2)22-19(23)11-26-21(24)20-14(3)16-10-15(25-4)8-9-18(16)27-20/h8-10,12-13,17H,5-7,11H2,1-4H3,(H,22,23)/t12-,13+,17-/m1/s1. The Balaban J connectivity index is 1.61. The number of aryl methyl sites for hydroxylation is 1. The first-order chi connectivity index (χ1) is 12.9. The molecule has 1 saturated carbocycles. The summed E-state index contributed by atoms with van der Waals surface area (Å²) in [5, 5.41) is 3.79. The molecule has 3 atom stereocenters. The van der Waals surface area contributed by atoms with Crippen LogP contribution in [0.4, 0.5) is 0 Å². The predicted octanol–water partition coefficient (Wildman–Crippen LogP) is 3.85. The van der Waals surface area contributed by atoms with E-state index in [1.54, 1.807) is 26.2 Å². The lowest BCUT2D eigenvalue weighted by Gasteiger charge is -2.34. The van der Waals surface area contributed by atoms with Gasteiger partial charge in [-0.2, -0.15) is 0 Å². The van der Waals surface area contributed by atoms with Crippen LogP contribution in [0.15, 0.2) is 22.6 Å². The molecular weight excluding hydrogens is 346 g/mol. The number of esters is 1. The summed E-state index contributed by atoms with van der Waals surface area (Å²) in [5.41, 5.74) is 1.25. The quantitative estimate of drug-likeness (QED) is 0.806. The minimum atomic E-state index is -0.636. The van der Waals surface area contributed by atoms with Crippen molar-refractivity contribution < 1.29 is 23.5 Å². The highest BCUT2D eigenvalue weighted by Gasteiger charge is 2.28. The smallest absolute Gasteiger partial charge is 0.375 e. The maximum absolute atomic E-state index is 12.4. The minimum absolute atomic E-state index is 0.116. The van der Waals surface area contributed by atoms with Crippen molar-refractivity contribution in [2.45, 2.75) is 46.1 Å². The molecule has 1 N–H and O–H groups in total. The van der Waals surface area contributed by atoms with Gasteiger partial charge in [0.2, 0.25) is 5.76 Å². The van der Waals surface area contributed by atoms with Gasteiger partial charge >= 0.3 is 5.97 Å². The number of nitrogens with one attached hydrogen (secondary N) is 1. The Morgan fingerprint density at radius 3 is 2.78 bits per heavy atom. The molecule has 1 amide bonds. The molecule has 1 aromatic carbocycles. The van der Waals surface area contributed by atoms with Crippen LogP contribution >= 0.6 is 0 Å². The molecule has 3 rings (SSSR count). The van der Waals surface area contributed by atoms with Gasteiger partial charge in [0, 0.05) is 17.0 Å². The van der Waals surface area contributed by atoms with Crippen molar-refractivity contribution in [3.8, 4) is 5.75 Å². The second-order valence-electron chi connectivity index (χ2n) is 7.44. The number of fused-ring (bicyclic) bond motifs is 1. The zero-order chi connectivity index (χ0) is 19.6. The van der Waals surface area contributed by atoms with Crippen LogP contribution in [0.1, 0.15) is 49.2 Å². The fraction of sp³-hybridized carbons (Fsp3) is 0.524. The van der Waals surface area contributed by atoms with E-state index in [0.29, 0.717) is 28.7 Å². The molecule has 6 heteroatoms. The molecule has 0 aliphatic heterocycles. The largest absolute Gasteiger partial charge is 0.497 e. The number of benzene rings is 1. The van der Waals surface area contributed by atoms with Gasteiger partial charge in [-0.1, -0.05) is 26.7 Å². The Bertz CT molecular complexity index is 840. The SMILES string of the molecule is COc1ccc2oc(C(=O)OCC(=O)N[C@@H]3CCC[C@@H](C)[C@@H]3C)c(C)c2c1. The fourth-order valence-corrected chi connectivity index (χ4v) is 3.75. The first-order valence-electron chi connectivity index (χ1n) is 9.44. The molecule has 1 fully saturated rings. The lowest BCUT2D eigenvalue weighted by Crippen LogP contribution is -2.45. The fourth-order valence-electron chi connectivity index (χ4n) is 3.75. The van der Waals surface area contributed by atoms with Crippen LogP contribution in [0.5, 0.6) is 5.75 Å². The molecule has 1 aromatic heterocycles. The van der Waals surface area contributed by atoms with Gasteiger partial charge in [-0.15, -0.1) is 0 Å². The number of carbonyl (C=O) groups excluding carboxylic acids is 2.